The van der Waals surface area contributed by atoms with E-state index in [1.807, 2.05) is 6.92 Å². The lowest BCUT2D eigenvalue weighted by molar-refractivity contribution is -0.173. The molecule has 0 aromatic heterocycles. The number of carbonyl (C=O) groups is 2. The molecule has 0 bridgehead atoms. The summed E-state index contributed by atoms with van der Waals surface area (Å²) in [5.41, 5.74) is -0.0645. The monoisotopic (exact) mass is 299 g/mol. The molecule has 1 aliphatic heterocycles. The number of ether oxygens (including phenoxy) is 1. The predicted molar refractivity (Wildman–Crippen MR) is 68.5 cm³/mol. The highest BCUT2D eigenvalue weighted by Gasteiger charge is 2.42. The minimum absolute atomic E-state index is 0.0645. The van der Waals surface area contributed by atoms with Crippen LogP contribution in [0.25, 0.3) is 0 Å². The molecule has 2 atom stereocenters. The van der Waals surface area contributed by atoms with Crippen LogP contribution < -0.4 is 0 Å². The zero-order chi connectivity index (χ0) is 15.6. The zero-order valence-corrected chi connectivity index (χ0v) is 11.4. The lowest BCUT2D eigenvalue weighted by atomic mass is 9.97. The summed E-state index contributed by atoms with van der Waals surface area (Å²) < 4.78 is 32.0. The lowest BCUT2D eigenvalue weighted by Crippen LogP contribution is -2.52. The van der Waals surface area contributed by atoms with Gasteiger partial charge in [0.1, 0.15) is 18.2 Å². The molecular formula is C14H15F2NO4. The fourth-order valence-electron chi connectivity index (χ4n) is 2.44. The molecule has 0 aliphatic carbocycles. The summed E-state index contributed by atoms with van der Waals surface area (Å²) >= 11 is 0. The first-order valence-electron chi connectivity index (χ1n) is 6.54. The zero-order valence-electron chi connectivity index (χ0n) is 11.4. The molecule has 7 heteroatoms. The Morgan fingerprint density at radius 1 is 1.48 bits per heavy atom. The minimum atomic E-state index is -1.38. The Morgan fingerprint density at radius 2 is 2.19 bits per heavy atom. The fraction of sp³-hybridized carbons (Fsp3) is 0.429. The van der Waals surface area contributed by atoms with Crippen LogP contribution in [0.15, 0.2) is 18.2 Å². The average molecular weight is 299 g/mol. The van der Waals surface area contributed by atoms with E-state index < -0.39 is 35.7 Å². The van der Waals surface area contributed by atoms with E-state index in [9.17, 15) is 23.5 Å². The normalized spacial score (nSPS) is 22.4. The molecule has 1 aromatic carbocycles. The minimum Gasteiger partial charge on any atom is -0.479 e. The van der Waals surface area contributed by atoms with Crippen molar-refractivity contribution in [1.29, 1.82) is 0 Å². The number of nitrogens with zero attached hydrogens (tertiary/aromatic N) is 1. The van der Waals surface area contributed by atoms with Gasteiger partial charge in [0.25, 0.3) is 0 Å². The Labute approximate surface area is 120 Å². The smallest absolute Gasteiger partial charge is 0.335 e. The summed E-state index contributed by atoms with van der Waals surface area (Å²) in [6.45, 7) is 1.72. The van der Waals surface area contributed by atoms with Gasteiger partial charge in [0.15, 0.2) is 6.10 Å². The van der Waals surface area contributed by atoms with Gasteiger partial charge in [-0.1, -0.05) is 13.0 Å². The van der Waals surface area contributed by atoms with Crippen LogP contribution in [0.1, 0.15) is 24.9 Å². The number of aliphatic carboxylic acids is 1. The Bertz CT molecular complexity index is 564. The van der Waals surface area contributed by atoms with E-state index in [1.165, 1.54) is 4.90 Å². The van der Waals surface area contributed by atoms with E-state index in [0.29, 0.717) is 12.5 Å². The van der Waals surface area contributed by atoms with Crippen molar-refractivity contribution in [3.8, 4) is 0 Å². The summed E-state index contributed by atoms with van der Waals surface area (Å²) in [6.07, 6.45) is -0.800. The van der Waals surface area contributed by atoms with Crippen molar-refractivity contribution in [3.05, 3.63) is 35.4 Å². The number of carboxylic acid groups (broad SMARTS) is 1. The van der Waals surface area contributed by atoms with E-state index >= 15 is 0 Å². The second kappa shape index (κ2) is 6.17. The first kappa shape index (κ1) is 15.4. The highest BCUT2D eigenvalue weighted by molar-refractivity contribution is 5.83. The third-order valence-corrected chi connectivity index (χ3v) is 3.32. The first-order chi connectivity index (χ1) is 9.95. The van der Waals surface area contributed by atoms with Gasteiger partial charge in [-0.3, -0.25) is 4.79 Å². The third kappa shape index (κ3) is 3.02. The van der Waals surface area contributed by atoms with Gasteiger partial charge in [0.2, 0.25) is 5.91 Å². The van der Waals surface area contributed by atoms with Crippen molar-refractivity contribution in [1.82, 2.24) is 4.90 Å². The van der Waals surface area contributed by atoms with Crippen LogP contribution in [0, 0.1) is 11.6 Å². The van der Waals surface area contributed by atoms with Crippen molar-refractivity contribution in [2.45, 2.75) is 25.5 Å². The van der Waals surface area contributed by atoms with Gasteiger partial charge in [0, 0.05) is 18.2 Å². The predicted octanol–water partition coefficient (Wildman–Crippen LogP) is 1.73. The van der Waals surface area contributed by atoms with Crippen LogP contribution in [0.4, 0.5) is 8.78 Å². The molecule has 0 spiro atoms. The Hall–Kier alpha value is -2.02. The van der Waals surface area contributed by atoms with Gasteiger partial charge in [0.05, 0.1) is 6.04 Å². The van der Waals surface area contributed by atoms with E-state index in [-0.39, 0.29) is 18.7 Å². The van der Waals surface area contributed by atoms with Crippen molar-refractivity contribution in [2.75, 3.05) is 13.2 Å². The molecule has 1 saturated heterocycles. The highest BCUT2D eigenvalue weighted by Crippen LogP contribution is 2.32. The highest BCUT2D eigenvalue weighted by atomic mass is 19.1. The second-order valence-electron chi connectivity index (χ2n) is 4.77. The van der Waals surface area contributed by atoms with Crippen LogP contribution in [0.2, 0.25) is 0 Å². The summed E-state index contributed by atoms with van der Waals surface area (Å²) in [4.78, 5) is 24.5. The maximum Gasteiger partial charge on any atom is 0.335 e. The number of carbonyl (C=O) groups excluding carboxylic acids is 1. The third-order valence-electron chi connectivity index (χ3n) is 3.32. The molecule has 1 N–H and O–H groups in total. The number of rotatable bonds is 4. The number of halogens is 2. The molecule has 1 aromatic rings. The summed E-state index contributed by atoms with van der Waals surface area (Å²) in [6, 6.07) is 1.73. The van der Waals surface area contributed by atoms with Crippen molar-refractivity contribution in [3.63, 3.8) is 0 Å². The fourth-order valence-corrected chi connectivity index (χ4v) is 2.44. The summed E-state index contributed by atoms with van der Waals surface area (Å²) in [7, 11) is 0. The van der Waals surface area contributed by atoms with Gasteiger partial charge in [-0.25, -0.2) is 13.6 Å². The molecule has 1 fully saturated rings. The molecule has 0 radical (unpaired) electrons. The van der Waals surface area contributed by atoms with Gasteiger partial charge < -0.3 is 14.7 Å². The number of hydrogen-bond acceptors (Lipinski definition) is 3. The van der Waals surface area contributed by atoms with E-state index in [0.717, 1.165) is 12.1 Å². The van der Waals surface area contributed by atoms with Crippen molar-refractivity contribution in [2.24, 2.45) is 0 Å². The number of morpholine rings is 1. The number of hydrogen-bond donors (Lipinski definition) is 1. The van der Waals surface area contributed by atoms with Crippen LogP contribution in [0.3, 0.4) is 0 Å². The largest absolute Gasteiger partial charge is 0.479 e. The summed E-state index contributed by atoms with van der Waals surface area (Å²) in [5, 5.41) is 9.23. The molecule has 1 heterocycles. The quantitative estimate of drug-likeness (QED) is 0.919. The van der Waals surface area contributed by atoms with E-state index in [4.69, 9.17) is 4.74 Å². The molecule has 1 amide bonds. The van der Waals surface area contributed by atoms with Crippen LogP contribution in [-0.4, -0.2) is 41.1 Å². The number of amides is 1. The van der Waals surface area contributed by atoms with Crippen LogP contribution >= 0.6 is 0 Å². The first-order valence-corrected chi connectivity index (χ1v) is 6.54. The number of benzene rings is 1. The standard InChI is InChI=1S/C14H15F2NO4/c1-2-5-17-11(18)7-21-13(14(19)20)12(17)9-4-3-8(15)6-10(9)16/h3-4,6,12-13H,2,5,7H2,1H3,(H,19,20). The average Bonchev–Trinajstić information content (AvgIpc) is 2.41. The van der Waals surface area contributed by atoms with Crippen molar-refractivity contribution >= 4 is 11.9 Å². The van der Waals surface area contributed by atoms with Gasteiger partial charge in [-0.05, 0) is 12.5 Å². The SMILES string of the molecule is CCCN1C(=O)COC(C(=O)O)C1c1ccc(F)cc1F. The molecule has 114 valence electrons. The Kier molecular flexibility index (Phi) is 4.52. The maximum atomic E-state index is 14.0. The second-order valence-corrected chi connectivity index (χ2v) is 4.77. The Balaban J connectivity index is 2.48. The number of carboxylic acids is 1. The maximum absolute atomic E-state index is 14.0. The van der Waals surface area contributed by atoms with E-state index in [2.05, 4.69) is 0 Å². The van der Waals surface area contributed by atoms with Gasteiger partial charge in [-0.15, -0.1) is 0 Å². The van der Waals surface area contributed by atoms with E-state index in [1.54, 1.807) is 0 Å². The Morgan fingerprint density at radius 3 is 2.76 bits per heavy atom. The molecule has 2 rings (SSSR count). The molecule has 21 heavy (non-hydrogen) atoms. The van der Waals surface area contributed by atoms with Gasteiger partial charge >= 0.3 is 5.97 Å². The molecule has 5 nitrogen and oxygen atoms in total. The van der Waals surface area contributed by atoms with Crippen LogP contribution in [-0.2, 0) is 14.3 Å². The van der Waals surface area contributed by atoms with Gasteiger partial charge in [-0.2, -0.15) is 0 Å². The van der Waals surface area contributed by atoms with Crippen molar-refractivity contribution < 1.29 is 28.2 Å². The van der Waals surface area contributed by atoms with Crippen LogP contribution in [0.5, 0.6) is 0 Å². The molecule has 0 saturated carbocycles. The molecule has 1 aliphatic rings. The summed E-state index contributed by atoms with van der Waals surface area (Å²) in [5.74, 6) is -3.38. The topological polar surface area (TPSA) is 66.8 Å². The molecule has 2 unspecified atom stereocenters. The molecular weight excluding hydrogens is 284 g/mol. The lowest BCUT2D eigenvalue weighted by Gasteiger charge is -2.39.